The molecule has 0 bridgehead atoms. The van der Waals surface area contributed by atoms with E-state index in [0.29, 0.717) is 13.0 Å². The van der Waals surface area contributed by atoms with Gasteiger partial charge in [0.15, 0.2) is 0 Å². The van der Waals surface area contributed by atoms with Gasteiger partial charge in [0, 0.05) is 31.2 Å². The molecule has 0 unspecified atom stereocenters. The molecule has 0 aliphatic carbocycles. The van der Waals surface area contributed by atoms with Crippen LogP contribution in [0, 0.1) is 0 Å². The molecule has 4 heteroatoms. The first kappa shape index (κ1) is 13.6. The molecule has 0 saturated carbocycles. The largest absolute Gasteiger partial charge is 0.354 e. The zero-order valence-electron chi connectivity index (χ0n) is 10.7. The smallest absolute Gasteiger partial charge is 0.221 e. The van der Waals surface area contributed by atoms with Crippen LogP contribution in [0.15, 0.2) is 24.4 Å². The van der Waals surface area contributed by atoms with Gasteiger partial charge in [-0.15, -0.1) is 0 Å². The molecule has 17 heavy (non-hydrogen) atoms. The van der Waals surface area contributed by atoms with Crippen molar-refractivity contribution in [2.24, 2.45) is 0 Å². The summed E-state index contributed by atoms with van der Waals surface area (Å²) in [7, 11) is 0. The van der Waals surface area contributed by atoms with Gasteiger partial charge in [0.2, 0.25) is 5.91 Å². The molecule has 1 aromatic rings. The Balaban J connectivity index is 2.25. The van der Waals surface area contributed by atoms with E-state index in [9.17, 15) is 4.79 Å². The Kier molecular flexibility index (Phi) is 5.63. The summed E-state index contributed by atoms with van der Waals surface area (Å²) in [6, 6.07) is 6.21. The third-order valence-electron chi connectivity index (χ3n) is 2.38. The first-order chi connectivity index (χ1) is 8.09. The maximum Gasteiger partial charge on any atom is 0.221 e. The molecule has 0 aliphatic heterocycles. The number of rotatable bonds is 6. The van der Waals surface area contributed by atoms with E-state index in [2.05, 4.69) is 15.6 Å². The first-order valence-electron chi connectivity index (χ1n) is 6.03. The van der Waals surface area contributed by atoms with E-state index in [0.717, 1.165) is 5.69 Å². The van der Waals surface area contributed by atoms with Crippen LogP contribution in [-0.2, 0) is 4.79 Å². The van der Waals surface area contributed by atoms with E-state index in [-0.39, 0.29) is 18.0 Å². The fourth-order valence-electron chi connectivity index (χ4n) is 1.53. The first-order valence-corrected chi connectivity index (χ1v) is 6.03. The number of hydrogen-bond donors (Lipinski definition) is 2. The molecular formula is C13H21N3O. The summed E-state index contributed by atoms with van der Waals surface area (Å²) < 4.78 is 0. The second-order valence-electron chi connectivity index (χ2n) is 4.40. The fourth-order valence-corrected chi connectivity index (χ4v) is 1.53. The van der Waals surface area contributed by atoms with Crippen molar-refractivity contribution in [3.05, 3.63) is 30.1 Å². The Morgan fingerprint density at radius 2 is 2.12 bits per heavy atom. The number of carbonyl (C=O) groups excluding carboxylic acids is 1. The van der Waals surface area contributed by atoms with Gasteiger partial charge >= 0.3 is 0 Å². The number of hydrogen-bond acceptors (Lipinski definition) is 3. The van der Waals surface area contributed by atoms with Crippen molar-refractivity contribution >= 4 is 5.91 Å². The second-order valence-corrected chi connectivity index (χ2v) is 4.40. The van der Waals surface area contributed by atoms with Gasteiger partial charge in [0.1, 0.15) is 0 Å². The van der Waals surface area contributed by atoms with Crippen LogP contribution in [0.4, 0.5) is 0 Å². The van der Waals surface area contributed by atoms with Crippen molar-refractivity contribution in [1.29, 1.82) is 0 Å². The van der Waals surface area contributed by atoms with Crippen molar-refractivity contribution in [3.63, 3.8) is 0 Å². The van der Waals surface area contributed by atoms with Gasteiger partial charge in [-0.3, -0.25) is 9.78 Å². The van der Waals surface area contributed by atoms with E-state index >= 15 is 0 Å². The normalized spacial score (nSPS) is 12.5. The van der Waals surface area contributed by atoms with Gasteiger partial charge in [0.05, 0.1) is 5.69 Å². The topological polar surface area (TPSA) is 54.0 Å². The van der Waals surface area contributed by atoms with E-state index in [1.807, 2.05) is 39.0 Å². The summed E-state index contributed by atoms with van der Waals surface area (Å²) in [5, 5.41) is 6.14. The molecule has 0 radical (unpaired) electrons. The Morgan fingerprint density at radius 3 is 2.71 bits per heavy atom. The quantitative estimate of drug-likeness (QED) is 0.788. The van der Waals surface area contributed by atoms with Crippen LogP contribution in [-0.4, -0.2) is 23.5 Å². The predicted molar refractivity (Wildman–Crippen MR) is 68.6 cm³/mol. The van der Waals surface area contributed by atoms with Crippen molar-refractivity contribution in [1.82, 2.24) is 15.6 Å². The highest BCUT2D eigenvalue weighted by atomic mass is 16.1. The molecule has 0 saturated heterocycles. The maximum absolute atomic E-state index is 11.4. The zero-order valence-corrected chi connectivity index (χ0v) is 10.7. The monoisotopic (exact) mass is 235 g/mol. The molecule has 0 aromatic carbocycles. The van der Waals surface area contributed by atoms with E-state index in [1.54, 1.807) is 6.20 Å². The highest BCUT2D eigenvalue weighted by molar-refractivity contribution is 5.76. The molecule has 94 valence electrons. The van der Waals surface area contributed by atoms with E-state index in [4.69, 9.17) is 0 Å². The number of carbonyl (C=O) groups is 1. The van der Waals surface area contributed by atoms with Crippen molar-refractivity contribution in [2.45, 2.75) is 39.3 Å². The highest BCUT2D eigenvalue weighted by Crippen LogP contribution is 2.07. The van der Waals surface area contributed by atoms with Gasteiger partial charge < -0.3 is 10.6 Å². The summed E-state index contributed by atoms with van der Waals surface area (Å²) in [5.74, 6) is 0.0840. The lowest BCUT2D eigenvalue weighted by Crippen LogP contribution is -2.33. The van der Waals surface area contributed by atoms with Crippen LogP contribution < -0.4 is 10.6 Å². The number of nitrogens with one attached hydrogen (secondary N) is 2. The number of aromatic nitrogens is 1. The van der Waals surface area contributed by atoms with Crippen LogP contribution >= 0.6 is 0 Å². The van der Waals surface area contributed by atoms with Crippen LogP contribution in [0.25, 0.3) is 0 Å². The van der Waals surface area contributed by atoms with Gasteiger partial charge in [0.25, 0.3) is 0 Å². The van der Waals surface area contributed by atoms with Gasteiger partial charge in [-0.25, -0.2) is 0 Å². The standard InChI is InChI=1S/C13H21N3O/c1-10(2)16-13(17)7-9-14-11(3)12-6-4-5-8-15-12/h4-6,8,10-11,14H,7,9H2,1-3H3,(H,16,17)/t11-/m1/s1. The zero-order chi connectivity index (χ0) is 12.7. The maximum atomic E-state index is 11.4. The summed E-state index contributed by atoms with van der Waals surface area (Å²) in [5.41, 5.74) is 0.997. The highest BCUT2D eigenvalue weighted by Gasteiger charge is 2.07. The lowest BCUT2D eigenvalue weighted by molar-refractivity contribution is -0.121. The molecule has 1 heterocycles. The summed E-state index contributed by atoms with van der Waals surface area (Å²) in [4.78, 5) is 15.7. The van der Waals surface area contributed by atoms with Gasteiger partial charge in [-0.05, 0) is 32.9 Å². The number of nitrogens with zero attached hydrogens (tertiary/aromatic N) is 1. The molecule has 1 amide bonds. The average molecular weight is 235 g/mol. The van der Waals surface area contributed by atoms with Crippen LogP contribution in [0.3, 0.4) is 0 Å². The fraction of sp³-hybridized carbons (Fsp3) is 0.538. The van der Waals surface area contributed by atoms with Gasteiger partial charge in [-0.2, -0.15) is 0 Å². The number of pyridine rings is 1. The molecule has 1 rings (SSSR count). The molecule has 1 aromatic heterocycles. The van der Waals surface area contributed by atoms with Crippen molar-refractivity contribution in [3.8, 4) is 0 Å². The van der Waals surface area contributed by atoms with Crippen molar-refractivity contribution < 1.29 is 4.79 Å². The molecule has 1 atom stereocenters. The molecule has 0 fully saturated rings. The molecule has 2 N–H and O–H groups in total. The average Bonchev–Trinajstić information content (AvgIpc) is 2.29. The lowest BCUT2D eigenvalue weighted by Gasteiger charge is -2.13. The van der Waals surface area contributed by atoms with E-state index in [1.165, 1.54) is 0 Å². The molecule has 4 nitrogen and oxygen atoms in total. The Morgan fingerprint density at radius 1 is 1.35 bits per heavy atom. The van der Waals surface area contributed by atoms with Gasteiger partial charge in [-0.1, -0.05) is 6.07 Å². The third-order valence-corrected chi connectivity index (χ3v) is 2.38. The predicted octanol–water partition coefficient (Wildman–Crippen LogP) is 1.65. The molecule has 0 aliphatic rings. The molecular weight excluding hydrogens is 214 g/mol. The van der Waals surface area contributed by atoms with Crippen LogP contribution in [0.2, 0.25) is 0 Å². The third kappa shape index (κ3) is 5.45. The summed E-state index contributed by atoms with van der Waals surface area (Å²) in [6.07, 6.45) is 2.27. The summed E-state index contributed by atoms with van der Waals surface area (Å²) >= 11 is 0. The van der Waals surface area contributed by atoms with Crippen molar-refractivity contribution in [2.75, 3.05) is 6.54 Å². The Labute approximate surface area is 103 Å². The van der Waals surface area contributed by atoms with Crippen LogP contribution in [0.1, 0.15) is 38.9 Å². The van der Waals surface area contributed by atoms with Crippen LogP contribution in [0.5, 0.6) is 0 Å². The minimum Gasteiger partial charge on any atom is -0.354 e. The SMILES string of the molecule is CC(C)NC(=O)CCN[C@H](C)c1ccccn1. The summed E-state index contributed by atoms with van der Waals surface area (Å²) in [6.45, 7) is 6.63. The second kappa shape index (κ2) is 7.01. The molecule has 0 spiro atoms. The number of amides is 1. The minimum absolute atomic E-state index is 0.0840. The van der Waals surface area contributed by atoms with E-state index < -0.39 is 0 Å². The minimum atomic E-state index is 0.0840. The Bertz CT molecular complexity index is 338. The Hall–Kier alpha value is -1.42. The lowest BCUT2D eigenvalue weighted by atomic mass is 10.2.